The summed E-state index contributed by atoms with van der Waals surface area (Å²) in [5, 5.41) is 2.87. The van der Waals surface area contributed by atoms with E-state index in [9.17, 15) is 0 Å². The summed E-state index contributed by atoms with van der Waals surface area (Å²) in [6, 6.07) is 3.91. The van der Waals surface area contributed by atoms with Crippen LogP contribution in [-0.2, 0) is 0 Å². The third kappa shape index (κ3) is 3.27. The van der Waals surface area contributed by atoms with E-state index < -0.39 is 0 Å². The lowest BCUT2D eigenvalue weighted by Gasteiger charge is -2.12. The summed E-state index contributed by atoms with van der Waals surface area (Å²) in [4.78, 5) is 18.5. The first kappa shape index (κ1) is 13.0. The largest absolute Gasteiger partial charge is 0.422 e. The number of hydrogen-bond donors (Lipinski definition) is 1. The molecule has 0 radical (unpaired) electrons. The van der Waals surface area contributed by atoms with Gasteiger partial charge in [0, 0.05) is 26.8 Å². The summed E-state index contributed by atoms with van der Waals surface area (Å²) < 4.78 is 5.58. The molecule has 0 unspecified atom stereocenters. The highest BCUT2D eigenvalue weighted by Crippen LogP contribution is 2.19. The highest BCUT2D eigenvalue weighted by atomic mass is 16.5. The van der Waals surface area contributed by atoms with Crippen LogP contribution in [0.4, 0.5) is 11.9 Å². The van der Waals surface area contributed by atoms with Gasteiger partial charge in [-0.25, -0.2) is 0 Å². The predicted octanol–water partition coefficient (Wildman–Crippen LogP) is 1.48. The molecular formula is C12H16N6O. The van der Waals surface area contributed by atoms with Gasteiger partial charge in [-0.15, -0.1) is 0 Å². The lowest BCUT2D eigenvalue weighted by atomic mass is 10.4. The summed E-state index contributed by atoms with van der Waals surface area (Å²) >= 11 is 0. The van der Waals surface area contributed by atoms with E-state index in [4.69, 9.17) is 4.74 Å². The summed E-state index contributed by atoms with van der Waals surface area (Å²) in [7, 11) is 5.45. The number of nitrogens with zero attached hydrogens (tertiary/aromatic N) is 5. The Bertz CT molecular complexity index is 555. The average molecular weight is 260 g/mol. The van der Waals surface area contributed by atoms with Gasteiger partial charge in [-0.1, -0.05) is 0 Å². The summed E-state index contributed by atoms with van der Waals surface area (Å²) in [6.45, 7) is 1.91. The fourth-order valence-corrected chi connectivity index (χ4v) is 1.32. The van der Waals surface area contributed by atoms with Gasteiger partial charge in [0.15, 0.2) is 0 Å². The normalized spacial score (nSPS) is 10.1. The molecule has 19 heavy (non-hydrogen) atoms. The van der Waals surface area contributed by atoms with Crippen LogP contribution in [0.15, 0.2) is 18.3 Å². The van der Waals surface area contributed by atoms with E-state index >= 15 is 0 Å². The second-order valence-corrected chi connectivity index (χ2v) is 4.12. The monoisotopic (exact) mass is 260 g/mol. The Kier molecular flexibility index (Phi) is 3.74. The maximum Gasteiger partial charge on any atom is 0.328 e. The van der Waals surface area contributed by atoms with Crippen molar-refractivity contribution in [1.82, 2.24) is 19.9 Å². The van der Waals surface area contributed by atoms with Crippen LogP contribution in [0, 0.1) is 6.92 Å². The van der Waals surface area contributed by atoms with Crippen molar-refractivity contribution in [3.05, 3.63) is 24.0 Å². The first-order valence-corrected chi connectivity index (χ1v) is 5.80. The molecule has 0 aliphatic rings. The average Bonchev–Trinajstić information content (AvgIpc) is 2.41. The van der Waals surface area contributed by atoms with Gasteiger partial charge in [-0.2, -0.15) is 15.0 Å². The molecular weight excluding hydrogens is 244 g/mol. The smallest absolute Gasteiger partial charge is 0.328 e. The molecule has 7 heteroatoms. The minimum atomic E-state index is 0.230. The van der Waals surface area contributed by atoms with E-state index in [-0.39, 0.29) is 6.01 Å². The number of rotatable bonds is 4. The summed E-state index contributed by atoms with van der Waals surface area (Å²) in [5.41, 5.74) is 0.924. The highest BCUT2D eigenvalue weighted by molar-refractivity contribution is 5.37. The van der Waals surface area contributed by atoms with Crippen LogP contribution in [0.5, 0.6) is 11.8 Å². The van der Waals surface area contributed by atoms with Crippen molar-refractivity contribution in [3.8, 4) is 11.8 Å². The number of aromatic nitrogens is 4. The van der Waals surface area contributed by atoms with Crippen LogP contribution in [0.1, 0.15) is 5.69 Å². The lowest BCUT2D eigenvalue weighted by Crippen LogP contribution is -2.15. The molecule has 0 saturated carbocycles. The second kappa shape index (κ2) is 5.47. The number of ether oxygens (including phenoxy) is 1. The first-order chi connectivity index (χ1) is 9.08. The van der Waals surface area contributed by atoms with Crippen LogP contribution < -0.4 is 15.0 Å². The van der Waals surface area contributed by atoms with Gasteiger partial charge in [0.2, 0.25) is 11.9 Å². The third-order valence-electron chi connectivity index (χ3n) is 2.32. The van der Waals surface area contributed by atoms with E-state index in [2.05, 4.69) is 25.3 Å². The Hall–Kier alpha value is -2.44. The molecule has 0 fully saturated rings. The third-order valence-corrected chi connectivity index (χ3v) is 2.32. The van der Waals surface area contributed by atoms with Crippen molar-refractivity contribution < 1.29 is 4.74 Å². The molecule has 0 atom stereocenters. The van der Waals surface area contributed by atoms with E-state index in [1.165, 1.54) is 0 Å². The Balaban J connectivity index is 2.28. The van der Waals surface area contributed by atoms with Crippen molar-refractivity contribution in [3.63, 3.8) is 0 Å². The predicted molar refractivity (Wildman–Crippen MR) is 72.7 cm³/mol. The molecule has 0 spiro atoms. The Morgan fingerprint density at radius 1 is 1.16 bits per heavy atom. The fraction of sp³-hybridized carbons (Fsp3) is 0.333. The molecule has 0 aliphatic carbocycles. The van der Waals surface area contributed by atoms with E-state index in [1.807, 2.05) is 33.2 Å². The Morgan fingerprint density at radius 2 is 1.95 bits per heavy atom. The number of pyridine rings is 1. The zero-order valence-corrected chi connectivity index (χ0v) is 11.4. The number of hydrogen-bond acceptors (Lipinski definition) is 7. The summed E-state index contributed by atoms with van der Waals surface area (Å²) in [5.74, 6) is 1.56. The number of nitrogens with one attached hydrogen (secondary N) is 1. The van der Waals surface area contributed by atoms with Gasteiger partial charge in [-0.3, -0.25) is 4.98 Å². The van der Waals surface area contributed by atoms with Crippen molar-refractivity contribution >= 4 is 11.9 Å². The van der Waals surface area contributed by atoms with E-state index in [0.29, 0.717) is 17.6 Å². The van der Waals surface area contributed by atoms with Crippen molar-refractivity contribution in [2.24, 2.45) is 0 Å². The minimum absolute atomic E-state index is 0.230. The fourth-order valence-electron chi connectivity index (χ4n) is 1.32. The molecule has 0 saturated heterocycles. The maximum atomic E-state index is 5.58. The van der Waals surface area contributed by atoms with Crippen LogP contribution in [0.25, 0.3) is 0 Å². The molecule has 7 nitrogen and oxygen atoms in total. The first-order valence-electron chi connectivity index (χ1n) is 5.80. The summed E-state index contributed by atoms with van der Waals surface area (Å²) in [6.07, 6.45) is 1.63. The molecule has 2 rings (SSSR count). The SMILES string of the molecule is CNc1nc(Oc2ccc(C)nc2)nc(N(C)C)n1. The molecule has 0 aliphatic heterocycles. The maximum absolute atomic E-state index is 5.58. The molecule has 0 bridgehead atoms. The van der Waals surface area contributed by atoms with Gasteiger partial charge in [0.25, 0.3) is 0 Å². The minimum Gasteiger partial charge on any atom is -0.422 e. The molecule has 2 aromatic rings. The topological polar surface area (TPSA) is 76.1 Å². The van der Waals surface area contributed by atoms with Crippen molar-refractivity contribution in [1.29, 1.82) is 0 Å². The van der Waals surface area contributed by atoms with Gasteiger partial charge in [0.1, 0.15) is 5.75 Å². The van der Waals surface area contributed by atoms with Crippen molar-refractivity contribution in [2.75, 3.05) is 31.4 Å². The molecule has 2 aromatic heterocycles. The highest BCUT2D eigenvalue weighted by Gasteiger charge is 2.09. The zero-order chi connectivity index (χ0) is 13.8. The van der Waals surface area contributed by atoms with Crippen molar-refractivity contribution in [2.45, 2.75) is 6.92 Å². The van der Waals surface area contributed by atoms with Gasteiger partial charge in [-0.05, 0) is 19.1 Å². The van der Waals surface area contributed by atoms with Gasteiger partial charge in [0.05, 0.1) is 6.20 Å². The van der Waals surface area contributed by atoms with Crippen LogP contribution in [-0.4, -0.2) is 41.1 Å². The number of aryl methyl sites for hydroxylation is 1. The van der Waals surface area contributed by atoms with E-state index in [1.54, 1.807) is 18.1 Å². The standard InChI is InChI=1S/C12H16N6O/c1-8-5-6-9(7-14-8)19-12-16-10(13-2)15-11(17-12)18(3)4/h5-7H,1-4H3,(H,13,15,16,17). The zero-order valence-electron chi connectivity index (χ0n) is 11.4. The van der Waals surface area contributed by atoms with Crippen LogP contribution in [0.3, 0.4) is 0 Å². The Labute approximate surface area is 111 Å². The quantitative estimate of drug-likeness (QED) is 0.892. The Morgan fingerprint density at radius 3 is 2.53 bits per heavy atom. The lowest BCUT2D eigenvalue weighted by molar-refractivity contribution is 0.438. The molecule has 0 amide bonds. The molecule has 1 N–H and O–H groups in total. The molecule has 100 valence electrons. The second-order valence-electron chi connectivity index (χ2n) is 4.12. The molecule has 0 aromatic carbocycles. The molecule has 2 heterocycles. The van der Waals surface area contributed by atoms with Crippen LogP contribution in [0.2, 0.25) is 0 Å². The van der Waals surface area contributed by atoms with Gasteiger partial charge >= 0.3 is 6.01 Å². The van der Waals surface area contributed by atoms with Crippen LogP contribution >= 0.6 is 0 Å². The van der Waals surface area contributed by atoms with Gasteiger partial charge < -0.3 is 15.0 Å². The van der Waals surface area contributed by atoms with E-state index in [0.717, 1.165) is 5.69 Å². The number of anilines is 2.